The summed E-state index contributed by atoms with van der Waals surface area (Å²) in [5, 5.41) is 3.51. The van der Waals surface area contributed by atoms with Gasteiger partial charge in [-0.15, -0.1) is 0 Å². The minimum Gasteiger partial charge on any atom is -0.468 e. The van der Waals surface area contributed by atoms with E-state index in [1.807, 2.05) is 0 Å². The average Bonchev–Trinajstić information content (AvgIpc) is 3.38. The van der Waals surface area contributed by atoms with Gasteiger partial charge in [0.25, 0.3) is 0 Å². The number of carbonyl (C=O) groups excluding carboxylic acids is 1. The number of rotatable bonds is 5. The first kappa shape index (κ1) is 14.6. The molecule has 0 radical (unpaired) electrons. The van der Waals surface area contributed by atoms with Gasteiger partial charge in [0.1, 0.15) is 6.04 Å². The van der Waals surface area contributed by atoms with Crippen molar-refractivity contribution in [1.82, 2.24) is 5.32 Å². The molecule has 2 aliphatic carbocycles. The van der Waals surface area contributed by atoms with Crippen molar-refractivity contribution in [3.8, 4) is 0 Å². The normalized spacial score (nSPS) is 21.0. The molecule has 0 aromatic heterocycles. The Morgan fingerprint density at radius 3 is 2.33 bits per heavy atom. The molecule has 0 bridgehead atoms. The molecule has 3 nitrogen and oxygen atoms in total. The fourth-order valence-electron chi connectivity index (χ4n) is 3.30. The van der Waals surface area contributed by atoms with Crippen LogP contribution < -0.4 is 5.32 Å². The molecule has 0 spiro atoms. The molecule has 3 rings (SSSR count). The van der Waals surface area contributed by atoms with Crippen LogP contribution in [0.25, 0.3) is 0 Å². The molecule has 21 heavy (non-hydrogen) atoms. The molecule has 2 fully saturated rings. The Labute approximate surface area is 127 Å². The van der Waals surface area contributed by atoms with Crippen molar-refractivity contribution in [2.75, 3.05) is 7.11 Å². The van der Waals surface area contributed by atoms with Crippen molar-refractivity contribution in [2.45, 2.75) is 62.9 Å². The van der Waals surface area contributed by atoms with Crippen LogP contribution >= 0.6 is 0 Å². The zero-order chi connectivity index (χ0) is 14.7. The predicted molar refractivity (Wildman–Crippen MR) is 83.2 cm³/mol. The second-order valence-electron chi connectivity index (χ2n) is 6.40. The van der Waals surface area contributed by atoms with Crippen LogP contribution in [0.15, 0.2) is 24.3 Å². The largest absolute Gasteiger partial charge is 0.468 e. The van der Waals surface area contributed by atoms with Crippen LogP contribution in [0.2, 0.25) is 0 Å². The average molecular weight is 287 g/mol. The highest BCUT2D eigenvalue weighted by Crippen LogP contribution is 2.40. The number of carbonyl (C=O) groups is 1. The number of methoxy groups -OCH3 is 1. The fraction of sp³-hybridized carbons (Fsp3) is 0.611. The smallest absolute Gasteiger partial charge is 0.327 e. The van der Waals surface area contributed by atoms with Crippen LogP contribution in [-0.4, -0.2) is 19.1 Å². The minimum atomic E-state index is -0.327. The van der Waals surface area contributed by atoms with E-state index in [2.05, 4.69) is 29.6 Å². The molecule has 3 heteroatoms. The third-order valence-corrected chi connectivity index (χ3v) is 4.76. The van der Waals surface area contributed by atoms with Gasteiger partial charge in [-0.25, -0.2) is 4.79 Å². The van der Waals surface area contributed by atoms with Gasteiger partial charge in [0, 0.05) is 6.04 Å². The van der Waals surface area contributed by atoms with Gasteiger partial charge in [-0.3, -0.25) is 5.32 Å². The first-order chi connectivity index (χ1) is 10.3. The number of nitrogens with one attached hydrogen (secondary N) is 1. The predicted octanol–water partition coefficient (Wildman–Crippen LogP) is 3.70. The zero-order valence-electron chi connectivity index (χ0n) is 12.8. The Hall–Kier alpha value is -1.35. The molecule has 0 aliphatic heterocycles. The molecule has 1 atom stereocenters. The number of esters is 1. The fourth-order valence-corrected chi connectivity index (χ4v) is 3.30. The first-order valence-corrected chi connectivity index (χ1v) is 8.21. The van der Waals surface area contributed by atoms with Crippen LogP contribution in [-0.2, 0) is 9.53 Å². The van der Waals surface area contributed by atoms with E-state index >= 15 is 0 Å². The summed E-state index contributed by atoms with van der Waals surface area (Å²) < 4.78 is 5.00. The Morgan fingerprint density at radius 2 is 1.76 bits per heavy atom. The number of ether oxygens (including phenoxy) is 1. The second kappa shape index (κ2) is 6.61. The summed E-state index contributed by atoms with van der Waals surface area (Å²) in [6.07, 6.45) is 8.76. The van der Waals surface area contributed by atoms with Gasteiger partial charge in [-0.1, -0.05) is 43.5 Å². The Balaban J connectivity index is 1.72. The molecule has 0 heterocycles. The third kappa shape index (κ3) is 3.65. The van der Waals surface area contributed by atoms with Crippen molar-refractivity contribution < 1.29 is 9.53 Å². The lowest BCUT2D eigenvalue weighted by Gasteiger charge is -2.27. The summed E-state index contributed by atoms with van der Waals surface area (Å²) in [7, 11) is 1.47. The van der Waals surface area contributed by atoms with Gasteiger partial charge in [0.05, 0.1) is 7.11 Å². The summed E-state index contributed by atoms with van der Waals surface area (Å²) in [5.41, 5.74) is 2.43. The van der Waals surface area contributed by atoms with Gasteiger partial charge in [0.15, 0.2) is 0 Å². The molecule has 1 aromatic carbocycles. The van der Waals surface area contributed by atoms with Gasteiger partial charge in [-0.05, 0) is 42.7 Å². The van der Waals surface area contributed by atoms with Gasteiger partial charge < -0.3 is 4.74 Å². The molecule has 1 aromatic rings. The van der Waals surface area contributed by atoms with Crippen molar-refractivity contribution in [3.05, 3.63) is 35.4 Å². The number of hydrogen-bond donors (Lipinski definition) is 1. The summed E-state index contributed by atoms with van der Waals surface area (Å²) in [6.45, 7) is 0. The van der Waals surface area contributed by atoms with E-state index in [0.717, 1.165) is 24.3 Å². The van der Waals surface area contributed by atoms with E-state index < -0.39 is 0 Å². The molecular weight excluding hydrogens is 262 g/mol. The molecule has 1 unspecified atom stereocenters. The Bertz CT molecular complexity index is 472. The Morgan fingerprint density at radius 1 is 1.10 bits per heavy atom. The van der Waals surface area contributed by atoms with Crippen molar-refractivity contribution in [2.24, 2.45) is 0 Å². The standard InChI is InChI=1S/C18H25NO2/c1-21-18(20)17(19-16-5-3-2-4-6-16)15-11-9-14(10-12-15)13-7-8-13/h9-13,16-17,19H,2-8H2,1H3. The maximum Gasteiger partial charge on any atom is 0.327 e. The first-order valence-electron chi connectivity index (χ1n) is 8.21. The van der Waals surface area contributed by atoms with Crippen LogP contribution in [0.3, 0.4) is 0 Å². The maximum absolute atomic E-state index is 12.1. The SMILES string of the molecule is COC(=O)C(NC1CCCCC1)c1ccc(C2CC2)cc1. The van der Waals surface area contributed by atoms with E-state index in [1.165, 1.54) is 44.8 Å². The molecule has 2 aliphatic rings. The van der Waals surface area contributed by atoms with Crippen molar-refractivity contribution in [1.29, 1.82) is 0 Å². The zero-order valence-corrected chi connectivity index (χ0v) is 12.8. The number of hydrogen-bond acceptors (Lipinski definition) is 3. The topological polar surface area (TPSA) is 38.3 Å². The number of benzene rings is 1. The van der Waals surface area contributed by atoms with Gasteiger partial charge in [0.2, 0.25) is 0 Å². The highest BCUT2D eigenvalue weighted by Gasteiger charge is 2.27. The molecule has 0 amide bonds. The Kier molecular flexibility index (Phi) is 4.59. The third-order valence-electron chi connectivity index (χ3n) is 4.76. The van der Waals surface area contributed by atoms with Gasteiger partial charge in [-0.2, -0.15) is 0 Å². The summed E-state index contributed by atoms with van der Waals surface area (Å²) in [5.74, 6) is 0.571. The summed E-state index contributed by atoms with van der Waals surface area (Å²) >= 11 is 0. The summed E-state index contributed by atoms with van der Waals surface area (Å²) in [4.78, 5) is 12.1. The van der Waals surface area contributed by atoms with E-state index in [1.54, 1.807) is 0 Å². The highest BCUT2D eigenvalue weighted by atomic mass is 16.5. The van der Waals surface area contributed by atoms with E-state index in [-0.39, 0.29) is 12.0 Å². The van der Waals surface area contributed by atoms with Crippen LogP contribution in [0.4, 0.5) is 0 Å². The molecule has 1 N–H and O–H groups in total. The highest BCUT2D eigenvalue weighted by molar-refractivity contribution is 5.77. The monoisotopic (exact) mass is 287 g/mol. The van der Waals surface area contributed by atoms with Gasteiger partial charge >= 0.3 is 5.97 Å². The minimum absolute atomic E-state index is 0.181. The molecule has 0 saturated heterocycles. The van der Waals surface area contributed by atoms with Crippen LogP contribution in [0.1, 0.15) is 68.0 Å². The van der Waals surface area contributed by atoms with E-state index in [9.17, 15) is 4.79 Å². The van der Waals surface area contributed by atoms with Crippen LogP contribution in [0, 0.1) is 0 Å². The quantitative estimate of drug-likeness (QED) is 0.839. The second-order valence-corrected chi connectivity index (χ2v) is 6.40. The maximum atomic E-state index is 12.1. The summed E-state index contributed by atoms with van der Waals surface area (Å²) in [6, 6.07) is 8.63. The lowest BCUT2D eigenvalue weighted by Crippen LogP contribution is -2.38. The van der Waals surface area contributed by atoms with Crippen LogP contribution in [0.5, 0.6) is 0 Å². The van der Waals surface area contributed by atoms with Crippen molar-refractivity contribution in [3.63, 3.8) is 0 Å². The van der Waals surface area contributed by atoms with Crippen molar-refractivity contribution >= 4 is 5.97 Å². The van der Waals surface area contributed by atoms with E-state index in [4.69, 9.17) is 4.74 Å². The lowest BCUT2D eigenvalue weighted by atomic mass is 9.93. The molecule has 2 saturated carbocycles. The van der Waals surface area contributed by atoms with E-state index in [0.29, 0.717) is 6.04 Å². The molecular formula is C18H25NO2. The molecule has 114 valence electrons. The lowest BCUT2D eigenvalue weighted by molar-refractivity contribution is -0.143.